The maximum Gasteiger partial charge on any atom is 0.416 e. The Morgan fingerprint density at radius 2 is 1.21 bits per heavy atom. The van der Waals surface area contributed by atoms with E-state index < -0.39 is 17.9 Å². The van der Waals surface area contributed by atoms with Crippen LogP contribution in [0.4, 0.5) is 13.2 Å². The molecule has 1 aliphatic carbocycles. The van der Waals surface area contributed by atoms with Crippen molar-refractivity contribution in [3.8, 4) is 22.3 Å². The van der Waals surface area contributed by atoms with Gasteiger partial charge in [0.2, 0.25) is 0 Å². The fraction of sp³-hybridized carbons (Fsp3) is 0.102. The highest BCUT2D eigenvalue weighted by molar-refractivity contribution is 6.16. The van der Waals surface area contributed by atoms with E-state index in [0.29, 0.717) is 0 Å². The van der Waals surface area contributed by atoms with E-state index in [9.17, 15) is 13.2 Å². The first kappa shape index (κ1) is 33.8. The minimum absolute atomic E-state index is 0.0516. The number of amidine groups is 2. The molecule has 10 rings (SSSR count). The lowest BCUT2D eigenvalue weighted by atomic mass is 9.84. The summed E-state index contributed by atoms with van der Waals surface area (Å²) in [6, 6.07) is 53.2. The summed E-state index contributed by atoms with van der Waals surface area (Å²) in [6.45, 7) is 0. The second-order valence-corrected chi connectivity index (χ2v) is 14.4. The Bertz CT molecular complexity index is 2770. The van der Waals surface area contributed by atoms with E-state index in [2.05, 4.69) is 66.0 Å². The summed E-state index contributed by atoms with van der Waals surface area (Å²) in [5, 5.41) is 5.42. The van der Waals surface area contributed by atoms with E-state index in [1.54, 1.807) is 12.1 Å². The highest BCUT2D eigenvalue weighted by atomic mass is 19.4. The van der Waals surface area contributed by atoms with Crippen molar-refractivity contribution in [3.63, 3.8) is 0 Å². The van der Waals surface area contributed by atoms with Gasteiger partial charge in [-0.25, -0.2) is 9.98 Å². The molecule has 1 aromatic heterocycles. The fourth-order valence-corrected chi connectivity index (χ4v) is 8.30. The number of alkyl halides is 3. The van der Waals surface area contributed by atoms with Gasteiger partial charge < -0.3 is 9.73 Å². The summed E-state index contributed by atoms with van der Waals surface area (Å²) in [4.78, 5) is 10.3. The maximum atomic E-state index is 13.5. The predicted octanol–water partition coefficient (Wildman–Crippen LogP) is 12.5. The summed E-state index contributed by atoms with van der Waals surface area (Å²) >= 11 is 0. The molecule has 2 aliphatic rings. The molecule has 0 saturated carbocycles. The topological polar surface area (TPSA) is 49.9 Å². The first-order chi connectivity index (χ1) is 27.4. The van der Waals surface area contributed by atoms with Gasteiger partial charge in [-0.2, -0.15) is 13.2 Å². The van der Waals surface area contributed by atoms with Gasteiger partial charge in [-0.3, -0.25) is 0 Å². The van der Waals surface area contributed by atoms with Gasteiger partial charge in [0.05, 0.1) is 5.56 Å². The van der Waals surface area contributed by atoms with Crippen LogP contribution >= 0.6 is 0 Å². The number of aryl methyl sites for hydroxylation is 1. The van der Waals surface area contributed by atoms with Gasteiger partial charge in [-0.1, -0.05) is 127 Å². The number of benzene rings is 7. The summed E-state index contributed by atoms with van der Waals surface area (Å²) in [5.74, 6) is 1.44. The number of aliphatic imine (C=N–C) groups is 2. The lowest BCUT2D eigenvalue weighted by molar-refractivity contribution is -0.137. The number of furan rings is 1. The van der Waals surface area contributed by atoms with Crippen LogP contribution in [0, 0.1) is 0 Å². The van der Waals surface area contributed by atoms with Crippen molar-refractivity contribution in [1.29, 1.82) is 0 Å². The summed E-state index contributed by atoms with van der Waals surface area (Å²) < 4.78 is 46.9. The number of nitrogens with one attached hydrogen (secondary N) is 1. The predicted molar refractivity (Wildman–Crippen MR) is 218 cm³/mol. The average Bonchev–Trinajstić information content (AvgIpc) is 3.54. The van der Waals surface area contributed by atoms with Gasteiger partial charge in [-0.05, 0) is 88.2 Å². The van der Waals surface area contributed by atoms with Crippen molar-refractivity contribution in [2.45, 2.75) is 31.1 Å². The zero-order valence-corrected chi connectivity index (χ0v) is 30.1. The second kappa shape index (κ2) is 13.5. The van der Waals surface area contributed by atoms with Crippen molar-refractivity contribution in [2.75, 3.05) is 0 Å². The lowest BCUT2D eigenvalue weighted by Gasteiger charge is -2.22. The Morgan fingerprint density at radius 1 is 0.554 bits per heavy atom. The van der Waals surface area contributed by atoms with Crippen molar-refractivity contribution in [3.05, 3.63) is 203 Å². The highest BCUT2D eigenvalue weighted by Gasteiger charge is 2.31. The Morgan fingerprint density at radius 3 is 1.93 bits per heavy atom. The molecule has 1 unspecified atom stereocenters. The van der Waals surface area contributed by atoms with Crippen LogP contribution in [0.15, 0.2) is 178 Å². The van der Waals surface area contributed by atoms with E-state index >= 15 is 0 Å². The monoisotopic (exact) mass is 737 g/mol. The highest BCUT2D eigenvalue weighted by Crippen LogP contribution is 2.45. The average molecular weight is 738 g/mol. The summed E-state index contributed by atoms with van der Waals surface area (Å²) in [6.07, 6.45) is -3.29. The van der Waals surface area contributed by atoms with Crippen LogP contribution in [0.5, 0.6) is 0 Å². The molecule has 1 aliphatic heterocycles. The number of rotatable bonds is 5. The quantitative estimate of drug-likeness (QED) is 0.191. The maximum absolute atomic E-state index is 13.5. The first-order valence-electron chi connectivity index (χ1n) is 18.8. The molecule has 56 heavy (non-hydrogen) atoms. The molecule has 1 N–H and O–H groups in total. The zero-order valence-electron chi connectivity index (χ0n) is 30.1. The lowest BCUT2D eigenvalue weighted by Crippen LogP contribution is -2.36. The van der Waals surface area contributed by atoms with Gasteiger partial charge in [0.25, 0.3) is 0 Å². The molecule has 0 amide bonds. The van der Waals surface area contributed by atoms with Crippen molar-refractivity contribution in [1.82, 2.24) is 5.32 Å². The molecule has 0 saturated heterocycles. The van der Waals surface area contributed by atoms with Gasteiger partial charge >= 0.3 is 6.18 Å². The minimum atomic E-state index is -4.38. The number of hydrogen-bond donors (Lipinski definition) is 1. The normalized spacial score (nSPS) is 15.7. The largest absolute Gasteiger partial charge is 0.456 e. The third-order valence-corrected chi connectivity index (χ3v) is 11.1. The molecule has 0 spiro atoms. The molecule has 4 nitrogen and oxygen atoms in total. The van der Waals surface area contributed by atoms with E-state index in [1.807, 2.05) is 78.9 Å². The smallest absolute Gasteiger partial charge is 0.416 e. The van der Waals surface area contributed by atoms with Crippen molar-refractivity contribution >= 4 is 33.6 Å². The SMILES string of the molecule is FC(F)(F)c1ccc(C2CCc3ccccc3-c3cc(-c4ccc5oc6cccc(C7N=C(c8ccccc8)NC(c8ccccc8)=N7)c6c5c4)ccc32)cc1. The van der Waals surface area contributed by atoms with Crippen LogP contribution in [0.1, 0.15) is 57.4 Å². The summed E-state index contributed by atoms with van der Waals surface area (Å²) in [7, 11) is 0. The van der Waals surface area contributed by atoms with Crippen LogP contribution in [-0.2, 0) is 12.6 Å². The molecule has 0 bridgehead atoms. The van der Waals surface area contributed by atoms with Crippen LogP contribution < -0.4 is 5.32 Å². The van der Waals surface area contributed by atoms with E-state index in [0.717, 1.165) is 96.5 Å². The second-order valence-electron chi connectivity index (χ2n) is 14.4. The molecular weight excluding hydrogens is 704 g/mol. The molecule has 0 fully saturated rings. The molecule has 2 heterocycles. The molecule has 1 atom stereocenters. The Hall–Kier alpha value is -6.73. The zero-order chi connectivity index (χ0) is 37.8. The minimum Gasteiger partial charge on any atom is -0.456 e. The molecular formula is C49H34F3N3O. The molecule has 272 valence electrons. The van der Waals surface area contributed by atoms with E-state index in [1.165, 1.54) is 17.7 Å². The number of hydrogen-bond acceptors (Lipinski definition) is 4. The first-order valence-corrected chi connectivity index (χ1v) is 18.8. The molecule has 0 radical (unpaired) electrons. The summed E-state index contributed by atoms with van der Waals surface area (Å²) in [5.41, 5.74) is 11.3. The Kier molecular flexibility index (Phi) is 8.17. The third-order valence-electron chi connectivity index (χ3n) is 11.1. The van der Waals surface area contributed by atoms with E-state index in [-0.39, 0.29) is 5.92 Å². The van der Waals surface area contributed by atoms with E-state index in [4.69, 9.17) is 14.4 Å². The Labute approximate surface area is 321 Å². The van der Waals surface area contributed by atoms with Gasteiger partial charge in [0, 0.05) is 33.4 Å². The van der Waals surface area contributed by atoms with Crippen molar-refractivity contribution < 1.29 is 17.6 Å². The molecule has 8 aromatic rings. The number of nitrogens with zero attached hydrogens (tertiary/aromatic N) is 2. The van der Waals surface area contributed by atoms with Gasteiger partial charge in [0.15, 0.2) is 6.17 Å². The standard InChI is InChI=1S/C49H34F3N3O/c50-49(51,52)36-23-18-31(19-24-36)38-25-20-30-10-7-8-15-37(30)41-28-34(21-26-39(38)41)35-22-27-43-42(29-35)45-40(16-9-17-44(45)56-43)48-54-46(32-11-3-1-4-12-32)53-47(55-48)33-13-5-2-6-14-33/h1-19,21-24,26-29,38,48H,20,25H2,(H,53,54,55). The van der Waals surface area contributed by atoms with Crippen LogP contribution in [0.3, 0.4) is 0 Å². The van der Waals surface area contributed by atoms with Gasteiger partial charge in [0.1, 0.15) is 22.8 Å². The third kappa shape index (κ3) is 6.06. The van der Waals surface area contributed by atoms with Crippen LogP contribution in [0.2, 0.25) is 0 Å². The van der Waals surface area contributed by atoms with Crippen LogP contribution in [-0.4, -0.2) is 11.7 Å². The number of fused-ring (bicyclic) bond motifs is 6. The number of halogens is 3. The van der Waals surface area contributed by atoms with Crippen molar-refractivity contribution in [2.24, 2.45) is 9.98 Å². The Balaban J connectivity index is 1.10. The molecule has 7 heteroatoms. The van der Waals surface area contributed by atoms with Gasteiger partial charge in [-0.15, -0.1) is 0 Å². The molecule has 7 aromatic carbocycles. The fourth-order valence-electron chi connectivity index (χ4n) is 8.30. The van der Waals surface area contributed by atoms with Crippen LogP contribution in [0.25, 0.3) is 44.2 Å².